The first kappa shape index (κ1) is 9.71. The van der Waals surface area contributed by atoms with E-state index in [0.717, 1.165) is 18.7 Å². The van der Waals surface area contributed by atoms with E-state index in [0.29, 0.717) is 11.3 Å². The molecule has 1 atom stereocenters. The Bertz CT molecular complexity index is 317. The molecule has 0 fully saturated rings. The Balaban J connectivity index is 2.28. The van der Waals surface area contributed by atoms with Crippen molar-refractivity contribution in [2.45, 2.75) is 32.6 Å². The van der Waals surface area contributed by atoms with Gasteiger partial charge in [0.2, 0.25) is 0 Å². The smallest absolute Gasteiger partial charge is 0.140 e. The van der Waals surface area contributed by atoms with Crippen molar-refractivity contribution in [3.8, 4) is 0 Å². The third-order valence-electron chi connectivity index (χ3n) is 3.01. The number of nitrogens with zero attached hydrogens (tertiary/aromatic N) is 1. The minimum Gasteiger partial charge on any atom is -0.361 e. The van der Waals surface area contributed by atoms with Gasteiger partial charge in [0.15, 0.2) is 0 Å². The normalized spacial score (nSPS) is 24.6. The van der Waals surface area contributed by atoms with E-state index in [1.807, 2.05) is 13.2 Å². The highest BCUT2D eigenvalue weighted by Gasteiger charge is 2.34. The van der Waals surface area contributed by atoms with Gasteiger partial charge in [0, 0.05) is 24.4 Å². The number of fused-ring (bicyclic) bond motifs is 1. The van der Waals surface area contributed by atoms with Crippen molar-refractivity contribution >= 4 is 0 Å². The Kier molecular flexibility index (Phi) is 2.35. The second kappa shape index (κ2) is 3.39. The Morgan fingerprint density at radius 1 is 1.64 bits per heavy atom. The molecule has 0 aliphatic heterocycles. The first-order chi connectivity index (χ1) is 6.62. The summed E-state index contributed by atoms with van der Waals surface area (Å²) in [7, 11) is 1.99. The lowest BCUT2D eigenvalue weighted by molar-refractivity contribution is 0.239. The molecule has 1 N–H and O–H groups in total. The summed E-state index contributed by atoms with van der Waals surface area (Å²) in [6, 6.07) is 0. The molecule has 0 spiro atoms. The van der Waals surface area contributed by atoms with Gasteiger partial charge in [-0.3, -0.25) is 0 Å². The number of nitrogens with one attached hydrogen (secondary N) is 1. The summed E-state index contributed by atoms with van der Waals surface area (Å²) < 4.78 is 5.29. The van der Waals surface area contributed by atoms with Crippen LogP contribution in [0.3, 0.4) is 0 Å². The van der Waals surface area contributed by atoms with Crippen LogP contribution in [0, 0.1) is 5.41 Å². The van der Waals surface area contributed by atoms with Crippen LogP contribution in [0.2, 0.25) is 0 Å². The summed E-state index contributed by atoms with van der Waals surface area (Å²) >= 11 is 0. The van der Waals surface area contributed by atoms with Crippen LogP contribution in [-0.2, 0) is 6.42 Å². The molecule has 0 amide bonds. The third-order valence-corrected chi connectivity index (χ3v) is 3.01. The fraction of sp³-hybridized carbons (Fsp3) is 0.727. The van der Waals surface area contributed by atoms with E-state index in [1.165, 1.54) is 12.0 Å². The Morgan fingerprint density at radius 3 is 3.14 bits per heavy atom. The lowest BCUT2D eigenvalue weighted by Gasteiger charge is -2.33. The van der Waals surface area contributed by atoms with Crippen LogP contribution in [0.4, 0.5) is 0 Å². The molecule has 1 aromatic rings. The molecule has 0 saturated heterocycles. The molecule has 78 valence electrons. The molecule has 0 saturated carbocycles. The van der Waals surface area contributed by atoms with Crippen molar-refractivity contribution in [1.29, 1.82) is 0 Å². The van der Waals surface area contributed by atoms with Gasteiger partial charge in [-0.1, -0.05) is 19.0 Å². The highest BCUT2D eigenvalue weighted by atomic mass is 16.5. The van der Waals surface area contributed by atoms with E-state index in [1.54, 1.807) is 0 Å². The average molecular weight is 194 g/mol. The zero-order chi connectivity index (χ0) is 10.2. The summed E-state index contributed by atoms with van der Waals surface area (Å²) in [5.41, 5.74) is 1.65. The van der Waals surface area contributed by atoms with Gasteiger partial charge < -0.3 is 9.84 Å². The first-order valence-corrected chi connectivity index (χ1v) is 5.20. The topological polar surface area (TPSA) is 38.1 Å². The number of rotatable bonds is 2. The highest BCUT2D eigenvalue weighted by Crippen LogP contribution is 2.41. The van der Waals surface area contributed by atoms with E-state index in [4.69, 9.17) is 4.52 Å². The molecule has 0 radical (unpaired) electrons. The molecular weight excluding hydrogens is 176 g/mol. The molecule has 1 unspecified atom stereocenters. The summed E-state index contributed by atoms with van der Waals surface area (Å²) in [6.07, 6.45) is 4.11. The molecule has 1 aromatic heterocycles. The average Bonchev–Trinajstić information content (AvgIpc) is 2.50. The molecule has 3 nitrogen and oxygen atoms in total. The van der Waals surface area contributed by atoms with Crippen molar-refractivity contribution in [1.82, 2.24) is 10.5 Å². The predicted octanol–water partition coefficient (Wildman–Crippen LogP) is 1.95. The molecule has 0 aromatic carbocycles. The summed E-state index contributed by atoms with van der Waals surface area (Å²) in [5.74, 6) is 1.64. The van der Waals surface area contributed by atoms with Crippen molar-refractivity contribution < 1.29 is 4.52 Å². The highest BCUT2D eigenvalue weighted by molar-refractivity contribution is 5.24. The Hall–Kier alpha value is -0.830. The van der Waals surface area contributed by atoms with Gasteiger partial charge in [0.1, 0.15) is 5.76 Å². The van der Waals surface area contributed by atoms with Crippen LogP contribution in [0.1, 0.15) is 37.5 Å². The summed E-state index contributed by atoms with van der Waals surface area (Å²) in [5, 5.41) is 7.14. The first-order valence-electron chi connectivity index (χ1n) is 5.20. The standard InChI is InChI=1S/C11H18N2O/c1-11(2)4-8(6-12-3)9-7-13-14-10(9)5-11/h7-8,12H,4-6H2,1-3H3. The lowest BCUT2D eigenvalue weighted by atomic mass is 9.72. The van der Waals surface area contributed by atoms with Gasteiger partial charge in [-0.2, -0.15) is 0 Å². The molecule has 1 heterocycles. The minimum absolute atomic E-state index is 0.341. The quantitative estimate of drug-likeness (QED) is 0.782. The molecular formula is C11H18N2O. The minimum atomic E-state index is 0.341. The van der Waals surface area contributed by atoms with E-state index in [9.17, 15) is 0 Å². The van der Waals surface area contributed by atoms with E-state index >= 15 is 0 Å². The van der Waals surface area contributed by atoms with Crippen molar-refractivity contribution in [3.63, 3.8) is 0 Å². The summed E-state index contributed by atoms with van der Waals surface area (Å²) in [6.45, 7) is 5.60. The van der Waals surface area contributed by atoms with Crippen molar-refractivity contribution in [2.75, 3.05) is 13.6 Å². The fourth-order valence-electron chi connectivity index (χ4n) is 2.45. The molecule has 3 heteroatoms. The van der Waals surface area contributed by atoms with Crippen LogP contribution >= 0.6 is 0 Å². The van der Waals surface area contributed by atoms with Crippen LogP contribution < -0.4 is 5.32 Å². The van der Waals surface area contributed by atoms with Crippen molar-refractivity contribution in [2.24, 2.45) is 5.41 Å². The predicted molar refractivity (Wildman–Crippen MR) is 55.3 cm³/mol. The van der Waals surface area contributed by atoms with E-state index in [2.05, 4.69) is 24.3 Å². The van der Waals surface area contributed by atoms with Crippen molar-refractivity contribution in [3.05, 3.63) is 17.5 Å². The maximum Gasteiger partial charge on any atom is 0.140 e. The number of hydrogen-bond acceptors (Lipinski definition) is 3. The van der Waals surface area contributed by atoms with E-state index < -0.39 is 0 Å². The van der Waals surface area contributed by atoms with Crippen LogP contribution in [0.15, 0.2) is 10.7 Å². The maximum atomic E-state index is 5.29. The van der Waals surface area contributed by atoms with Crippen LogP contribution in [0.5, 0.6) is 0 Å². The van der Waals surface area contributed by atoms with Crippen LogP contribution in [-0.4, -0.2) is 18.7 Å². The SMILES string of the molecule is CNCC1CC(C)(C)Cc2oncc21. The van der Waals surface area contributed by atoms with Gasteiger partial charge in [0.05, 0.1) is 6.20 Å². The molecule has 2 rings (SSSR count). The van der Waals surface area contributed by atoms with E-state index in [-0.39, 0.29) is 0 Å². The number of hydrogen-bond donors (Lipinski definition) is 1. The van der Waals surface area contributed by atoms with Gasteiger partial charge >= 0.3 is 0 Å². The Morgan fingerprint density at radius 2 is 2.43 bits per heavy atom. The molecule has 1 aliphatic carbocycles. The van der Waals surface area contributed by atoms with Gasteiger partial charge in [-0.25, -0.2) is 0 Å². The molecule has 1 aliphatic rings. The molecule has 14 heavy (non-hydrogen) atoms. The third kappa shape index (κ3) is 1.69. The maximum absolute atomic E-state index is 5.29. The fourth-order valence-corrected chi connectivity index (χ4v) is 2.45. The largest absolute Gasteiger partial charge is 0.361 e. The zero-order valence-electron chi connectivity index (χ0n) is 9.13. The number of likely N-dealkylation sites (N-methyl/N-ethyl adjacent to an activating group) is 1. The lowest BCUT2D eigenvalue weighted by Crippen LogP contribution is -2.29. The second-order valence-corrected chi connectivity index (χ2v) is 5.00. The molecule has 0 bridgehead atoms. The summed E-state index contributed by atoms with van der Waals surface area (Å²) in [4.78, 5) is 0. The Labute approximate surface area is 84.9 Å². The monoisotopic (exact) mass is 194 g/mol. The van der Waals surface area contributed by atoms with Gasteiger partial charge in [-0.05, 0) is 18.9 Å². The number of aromatic nitrogens is 1. The zero-order valence-corrected chi connectivity index (χ0v) is 9.13. The van der Waals surface area contributed by atoms with Gasteiger partial charge in [0.25, 0.3) is 0 Å². The van der Waals surface area contributed by atoms with Crippen LogP contribution in [0.25, 0.3) is 0 Å². The van der Waals surface area contributed by atoms with Gasteiger partial charge in [-0.15, -0.1) is 0 Å². The second-order valence-electron chi connectivity index (χ2n) is 5.00.